The second-order valence-electron chi connectivity index (χ2n) is 7.82. The van der Waals surface area contributed by atoms with Gasteiger partial charge in [0.2, 0.25) is 5.88 Å². The number of hydrogen-bond acceptors (Lipinski definition) is 6. The first kappa shape index (κ1) is 22.2. The molecular weight excluding hydrogens is 450 g/mol. The Bertz CT molecular complexity index is 1530. The summed E-state index contributed by atoms with van der Waals surface area (Å²) in [6.45, 7) is 0.249. The Morgan fingerprint density at radius 3 is 2.31 bits per heavy atom. The van der Waals surface area contributed by atoms with Crippen LogP contribution in [-0.2, 0) is 6.54 Å². The number of benzene rings is 3. The van der Waals surface area contributed by atoms with E-state index in [2.05, 4.69) is 0 Å². The molecule has 0 spiro atoms. The second-order valence-corrected chi connectivity index (χ2v) is 7.82. The first-order chi connectivity index (χ1) is 17.0. The van der Waals surface area contributed by atoms with Crippen molar-refractivity contribution < 1.29 is 33.3 Å². The lowest BCUT2D eigenvalue weighted by Gasteiger charge is -2.14. The third-order valence-corrected chi connectivity index (χ3v) is 5.90. The molecule has 178 valence electrons. The van der Waals surface area contributed by atoms with Crippen LogP contribution < -0.4 is 18.9 Å². The number of fused-ring (bicyclic) bond motifs is 3. The van der Waals surface area contributed by atoms with Crippen molar-refractivity contribution in [2.75, 3.05) is 21.3 Å². The number of furan rings is 1. The first-order valence-electron chi connectivity index (χ1n) is 10.8. The average molecular weight is 473 g/mol. The molecule has 0 atom stereocenters. The molecule has 0 saturated carbocycles. The molecule has 5 aromatic rings. The lowest BCUT2D eigenvalue weighted by molar-refractivity contribution is 0.141. The van der Waals surface area contributed by atoms with Crippen LogP contribution >= 0.6 is 0 Å². The lowest BCUT2D eigenvalue weighted by atomic mass is 10.1. The summed E-state index contributed by atoms with van der Waals surface area (Å²) < 4.78 is 29.7. The number of carboxylic acid groups (broad SMARTS) is 1. The van der Waals surface area contributed by atoms with E-state index in [1.54, 1.807) is 44.1 Å². The predicted octanol–water partition coefficient (Wildman–Crippen LogP) is 6.19. The van der Waals surface area contributed by atoms with Gasteiger partial charge in [0.1, 0.15) is 22.8 Å². The number of aromatic nitrogens is 1. The minimum atomic E-state index is -1.43. The Labute approximate surface area is 200 Å². The van der Waals surface area contributed by atoms with Crippen LogP contribution in [0, 0.1) is 0 Å². The molecule has 1 N–H and O–H groups in total. The Hall–Kier alpha value is -4.59. The third-order valence-electron chi connectivity index (χ3n) is 5.90. The van der Waals surface area contributed by atoms with Crippen LogP contribution in [0.4, 0.5) is 4.79 Å². The van der Waals surface area contributed by atoms with Gasteiger partial charge in [-0.05, 0) is 48.0 Å². The van der Waals surface area contributed by atoms with E-state index in [9.17, 15) is 9.90 Å². The van der Waals surface area contributed by atoms with E-state index in [1.807, 2.05) is 48.5 Å². The number of hydrogen-bond donors (Lipinski definition) is 1. The molecule has 35 heavy (non-hydrogen) atoms. The monoisotopic (exact) mass is 473 g/mol. The van der Waals surface area contributed by atoms with E-state index in [0.717, 1.165) is 16.5 Å². The van der Waals surface area contributed by atoms with Crippen molar-refractivity contribution in [2.24, 2.45) is 0 Å². The van der Waals surface area contributed by atoms with Crippen molar-refractivity contribution in [1.82, 2.24) is 4.57 Å². The normalized spacial score (nSPS) is 11.1. The van der Waals surface area contributed by atoms with E-state index in [-0.39, 0.29) is 12.4 Å². The molecule has 0 unspecified atom stereocenters. The largest absolute Gasteiger partial charge is 0.512 e. The highest BCUT2D eigenvalue weighted by Crippen LogP contribution is 2.45. The lowest BCUT2D eigenvalue weighted by Crippen LogP contribution is -2.10. The first-order valence-corrected chi connectivity index (χ1v) is 10.8. The second kappa shape index (κ2) is 8.98. The minimum absolute atomic E-state index is 0.145. The van der Waals surface area contributed by atoms with Crippen molar-refractivity contribution in [3.63, 3.8) is 0 Å². The number of methoxy groups -OCH3 is 3. The van der Waals surface area contributed by atoms with Crippen LogP contribution in [0.2, 0.25) is 0 Å². The number of para-hydroxylation sites is 1. The van der Waals surface area contributed by atoms with Crippen LogP contribution in [0.1, 0.15) is 5.56 Å². The zero-order chi connectivity index (χ0) is 24.5. The SMILES string of the molecule is COc1ccc(-c2c(OC(=O)O)n(Cc3cc(OC)ccc3OC)c3c2oc2ccccc23)cc1. The molecule has 0 amide bonds. The van der Waals surface area contributed by atoms with Crippen LogP contribution in [0.25, 0.3) is 33.2 Å². The quantitative estimate of drug-likeness (QED) is 0.282. The maximum absolute atomic E-state index is 11.8. The molecule has 8 heteroatoms. The Morgan fingerprint density at radius 1 is 0.914 bits per heavy atom. The summed E-state index contributed by atoms with van der Waals surface area (Å²) in [5.74, 6) is 2.10. The van der Waals surface area contributed by atoms with Crippen LogP contribution in [0.15, 0.2) is 71.1 Å². The van der Waals surface area contributed by atoms with Crippen LogP contribution in [0.5, 0.6) is 23.1 Å². The molecule has 2 heterocycles. The number of carbonyl (C=O) groups is 1. The van der Waals surface area contributed by atoms with Gasteiger partial charge < -0.3 is 33.0 Å². The highest BCUT2D eigenvalue weighted by molar-refractivity contribution is 6.10. The summed E-state index contributed by atoms with van der Waals surface area (Å²) in [6, 6.07) is 20.4. The fourth-order valence-corrected chi connectivity index (χ4v) is 4.33. The Morgan fingerprint density at radius 2 is 1.63 bits per heavy atom. The molecule has 0 aliphatic rings. The van der Waals surface area contributed by atoms with E-state index in [0.29, 0.717) is 39.5 Å². The van der Waals surface area contributed by atoms with Crippen LogP contribution in [-0.4, -0.2) is 37.2 Å². The van der Waals surface area contributed by atoms with Crippen molar-refractivity contribution in [1.29, 1.82) is 0 Å². The Kier molecular flexibility index (Phi) is 5.70. The van der Waals surface area contributed by atoms with E-state index < -0.39 is 6.16 Å². The summed E-state index contributed by atoms with van der Waals surface area (Å²) in [5, 5.41) is 10.5. The van der Waals surface area contributed by atoms with E-state index in [4.69, 9.17) is 23.4 Å². The predicted molar refractivity (Wildman–Crippen MR) is 131 cm³/mol. The third kappa shape index (κ3) is 3.89. The molecule has 8 nitrogen and oxygen atoms in total. The highest BCUT2D eigenvalue weighted by Gasteiger charge is 2.28. The molecule has 0 radical (unpaired) electrons. The fourth-order valence-electron chi connectivity index (χ4n) is 4.33. The number of nitrogens with zero attached hydrogens (tertiary/aromatic N) is 1. The molecule has 5 rings (SSSR count). The topological polar surface area (TPSA) is 92.3 Å². The maximum Gasteiger partial charge on any atom is 0.512 e. The Balaban J connectivity index is 1.83. The minimum Gasteiger partial charge on any atom is -0.497 e. The average Bonchev–Trinajstić information content (AvgIpc) is 3.38. The molecule has 0 aliphatic carbocycles. The maximum atomic E-state index is 11.8. The highest BCUT2D eigenvalue weighted by atomic mass is 16.7. The smallest absolute Gasteiger partial charge is 0.497 e. The summed E-state index contributed by atoms with van der Waals surface area (Å²) >= 11 is 0. The molecular formula is C27H23NO7. The van der Waals surface area contributed by atoms with Gasteiger partial charge in [-0.15, -0.1) is 0 Å². The fraction of sp³-hybridized carbons (Fsp3) is 0.148. The molecule has 3 aromatic carbocycles. The summed E-state index contributed by atoms with van der Waals surface area (Å²) in [5.41, 5.74) is 3.96. The van der Waals surface area contributed by atoms with E-state index in [1.165, 1.54) is 0 Å². The molecule has 0 saturated heterocycles. The van der Waals surface area contributed by atoms with E-state index >= 15 is 0 Å². The van der Waals surface area contributed by atoms with Crippen molar-refractivity contribution in [3.8, 4) is 34.3 Å². The van der Waals surface area contributed by atoms with Crippen molar-refractivity contribution in [2.45, 2.75) is 6.54 Å². The van der Waals surface area contributed by atoms with Crippen LogP contribution in [0.3, 0.4) is 0 Å². The van der Waals surface area contributed by atoms with Gasteiger partial charge in [-0.2, -0.15) is 0 Å². The molecule has 0 fully saturated rings. The van der Waals surface area contributed by atoms with Crippen molar-refractivity contribution >= 4 is 28.2 Å². The summed E-state index contributed by atoms with van der Waals surface area (Å²) in [7, 11) is 4.76. The molecule has 2 aromatic heterocycles. The zero-order valence-electron chi connectivity index (χ0n) is 19.4. The standard InChI is InChI=1S/C27H23NO7/c1-31-18-10-8-16(9-11-18)23-25-24(20-6-4-5-7-22(20)34-25)28(26(23)35-27(29)30)15-17-14-19(32-2)12-13-21(17)33-3/h4-14H,15H2,1-3H3,(H,29,30). The van der Waals surface area contributed by atoms with Gasteiger partial charge >= 0.3 is 6.16 Å². The molecule has 0 aliphatic heterocycles. The zero-order valence-corrected chi connectivity index (χ0v) is 19.4. The van der Waals surface area contributed by atoms with Gasteiger partial charge in [-0.3, -0.25) is 0 Å². The van der Waals surface area contributed by atoms with Crippen molar-refractivity contribution in [3.05, 3.63) is 72.3 Å². The van der Waals surface area contributed by atoms with Gasteiger partial charge in [0.05, 0.1) is 39.0 Å². The van der Waals surface area contributed by atoms with Gasteiger partial charge in [-0.25, -0.2) is 4.79 Å². The number of rotatable bonds is 7. The number of ether oxygens (including phenoxy) is 4. The summed E-state index contributed by atoms with van der Waals surface area (Å²) in [4.78, 5) is 11.8. The summed E-state index contributed by atoms with van der Waals surface area (Å²) in [6.07, 6.45) is -1.43. The van der Waals surface area contributed by atoms with Gasteiger partial charge in [0.15, 0.2) is 5.58 Å². The van der Waals surface area contributed by atoms with Gasteiger partial charge in [-0.1, -0.05) is 24.3 Å². The van der Waals surface area contributed by atoms with Gasteiger partial charge in [0, 0.05) is 10.9 Å². The van der Waals surface area contributed by atoms with Gasteiger partial charge in [0.25, 0.3) is 0 Å². The molecule has 0 bridgehead atoms.